The van der Waals surface area contributed by atoms with E-state index in [1.54, 1.807) is 12.1 Å². The van der Waals surface area contributed by atoms with Crippen LogP contribution >= 0.6 is 11.6 Å². The van der Waals surface area contributed by atoms with Crippen LogP contribution in [0.3, 0.4) is 0 Å². The summed E-state index contributed by atoms with van der Waals surface area (Å²) in [5.41, 5.74) is 0.586. The number of rotatable bonds is 5. The monoisotopic (exact) mass is 255 g/mol. The molecular formula is C11H11ClFN3O. The average Bonchev–Trinajstić information content (AvgIpc) is 2.79. The number of hydrogen-bond acceptors (Lipinski definition) is 4. The highest BCUT2D eigenvalue weighted by Crippen LogP contribution is 2.14. The molecule has 0 aliphatic rings. The Morgan fingerprint density at radius 3 is 3.00 bits per heavy atom. The van der Waals surface area contributed by atoms with Gasteiger partial charge in [0.2, 0.25) is 6.39 Å². The Hall–Kier alpha value is -1.46. The van der Waals surface area contributed by atoms with Crippen LogP contribution in [0.2, 0.25) is 5.02 Å². The molecule has 90 valence electrons. The van der Waals surface area contributed by atoms with Gasteiger partial charge in [-0.05, 0) is 12.1 Å². The Morgan fingerprint density at radius 1 is 1.41 bits per heavy atom. The lowest BCUT2D eigenvalue weighted by Crippen LogP contribution is -2.17. The molecule has 1 aromatic carbocycles. The van der Waals surface area contributed by atoms with E-state index in [4.69, 9.17) is 11.6 Å². The molecule has 0 saturated carbocycles. The SMILES string of the molecule is Fc1cc(Cl)ccc1CNCCc1ncon1. The minimum atomic E-state index is -0.301. The first kappa shape index (κ1) is 12.0. The largest absolute Gasteiger partial charge is 0.343 e. The second-order valence-electron chi connectivity index (χ2n) is 3.51. The summed E-state index contributed by atoms with van der Waals surface area (Å²) in [7, 11) is 0. The Labute approximate surface area is 103 Å². The van der Waals surface area contributed by atoms with Crippen molar-refractivity contribution in [1.29, 1.82) is 0 Å². The maximum Gasteiger partial charge on any atom is 0.213 e. The molecule has 0 atom stereocenters. The van der Waals surface area contributed by atoms with Crippen molar-refractivity contribution in [2.45, 2.75) is 13.0 Å². The van der Waals surface area contributed by atoms with Crippen LogP contribution in [0.4, 0.5) is 4.39 Å². The third-order valence-electron chi connectivity index (χ3n) is 2.26. The Balaban J connectivity index is 1.78. The Kier molecular flexibility index (Phi) is 4.06. The van der Waals surface area contributed by atoms with Crippen LogP contribution in [0.15, 0.2) is 29.1 Å². The first-order valence-electron chi connectivity index (χ1n) is 5.15. The molecule has 0 aliphatic carbocycles. The predicted molar refractivity (Wildman–Crippen MR) is 61.1 cm³/mol. The summed E-state index contributed by atoms with van der Waals surface area (Å²) >= 11 is 5.66. The topological polar surface area (TPSA) is 51.0 Å². The average molecular weight is 256 g/mol. The van der Waals surface area contributed by atoms with Crippen molar-refractivity contribution < 1.29 is 8.91 Å². The molecule has 0 unspecified atom stereocenters. The molecule has 6 heteroatoms. The van der Waals surface area contributed by atoms with Crippen molar-refractivity contribution in [3.63, 3.8) is 0 Å². The van der Waals surface area contributed by atoms with Gasteiger partial charge >= 0.3 is 0 Å². The third kappa shape index (κ3) is 3.51. The van der Waals surface area contributed by atoms with E-state index in [0.717, 1.165) is 0 Å². The number of benzene rings is 1. The minimum Gasteiger partial charge on any atom is -0.343 e. The van der Waals surface area contributed by atoms with E-state index in [1.165, 1.54) is 12.5 Å². The van der Waals surface area contributed by atoms with Gasteiger partial charge in [-0.15, -0.1) is 0 Å². The lowest BCUT2D eigenvalue weighted by molar-refractivity contribution is 0.409. The Bertz CT molecular complexity index is 476. The van der Waals surface area contributed by atoms with E-state index in [1.807, 2.05) is 0 Å². The standard InChI is InChI=1S/C11H11ClFN3O/c12-9-2-1-8(10(13)5-9)6-14-4-3-11-15-7-17-16-11/h1-2,5,7,14H,3-4,6H2. The maximum absolute atomic E-state index is 13.4. The van der Waals surface area contributed by atoms with Crippen molar-refractivity contribution in [3.8, 4) is 0 Å². The fourth-order valence-electron chi connectivity index (χ4n) is 1.39. The summed E-state index contributed by atoms with van der Waals surface area (Å²) in [6, 6.07) is 4.64. The number of hydrogen-bond donors (Lipinski definition) is 1. The van der Waals surface area contributed by atoms with Crippen molar-refractivity contribution in [1.82, 2.24) is 15.5 Å². The van der Waals surface area contributed by atoms with Gasteiger partial charge in [-0.25, -0.2) is 4.39 Å². The minimum absolute atomic E-state index is 0.301. The summed E-state index contributed by atoms with van der Waals surface area (Å²) in [4.78, 5) is 3.88. The van der Waals surface area contributed by atoms with E-state index >= 15 is 0 Å². The Morgan fingerprint density at radius 2 is 2.29 bits per heavy atom. The van der Waals surface area contributed by atoms with E-state index in [9.17, 15) is 4.39 Å². The molecule has 0 radical (unpaired) electrons. The summed E-state index contributed by atoms with van der Waals surface area (Å²) in [5, 5.41) is 7.17. The molecule has 2 rings (SSSR count). The highest BCUT2D eigenvalue weighted by atomic mass is 35.5. The van der Waals surface area contributed by atoms with Gasteiger partial charge < -0.3 is 9.84 Å². The van der Waals surface area contributed by atoms with Crippen molar-refractivity contribution >= 4 is 11.6 Å². The summed E-state index contributed by atoms with van der Waals surface area (Å²) in [5.74, 6) is 0.332. The van der Waals surface area contributed by atoms with Crippen molar-refractivity contribution in [3.05, 3.63) is 46.8 Å². The second kappa shape index (κ2) is 5.75. The number of nitrogens with zero attached hydrogens (tertiary/aromatic N) is 2. The lowest BCUT2D eigenvalue weighted by Gasteiger charge is -2.04. The fraction of sp³-hybridized carbons (Fsp3) is 0.273. The van der Waals surface area contributed by atoms with E-state index in [2.05, 4.69) is 20.0 Å². The molecule has 0 spiro atoms. The zero-order chi connectivity index (χ0) is 12.1. The zero-order valence-electron chi connectivity index (χ0n) is 8.99. The molecule has 4 nitrogen and oxygen atoms in total. The predicted octanol–water partition coefficient (Wildman–Crippen LogP) is 2.19. The van der Waals surface area contributed by atoms with Gasteiger partial charge in [0.05, 0.1) is 0 Å². The van der Waals surface area contributed by atoms with E-state index in [-0.39, 0.29) is 5.82 Å². The molecule has 0 saturated heterocycles. The quantitative estimate of drug-likeness (QED) is 0.832. The van der Waals surface area contributed by atoms with Crippen molar-refractivity contribution in [2.75, 3.05) is 6.54 Å². The first-order valence-corrected chi connectivity index (χ1v) is 5.53. The molecule has 1 aromatic heterocycles. The lowest BCUT2D eigenvalue weighted by atomic mass is 10.2. The highest BCUT2D eigenvalue weighted by Gasteiger charge is 2.03. The van der Waals surface area contributed by atoms with E-state index < -0.39 is 0 Å². The molecule has 2 aromatic rings. The first-order chi connectivity index (χ1) is 8.25. The normalized spacial score (nSPS) is 10.7. The van der Waals surface area contributed by atoms with Gasteiger partial charge in [-0.3, -0.25) is 0 Å². The molecule has 17 heavy (non-hydrogen) atoms. The molecule has 0 bridgehead atoms. The summed E-state index contributed by atoms with van der Waals surface area (Å²) < 4.78 is 18.0. The molecule has 1 N–H and O–H groups in total. The zero-order valence-corrected chi connectivity index (χ0v) is 9.75. The number of aromatic nitrogens is 2. The van der Waals surface area contributed by atoms with E-state index in [0.29, 0.717) is 35.9 Å². The van der Waals surface area contributed by atoms with Gasteiger partial charge in [0, 0.05) is 30.1 Å². The van der Waals surface area contributed by atoms with Crippen molar-refractivity contribution in [2.24, 2.45) is 0 Å². The van der Waals surface area contributed by atoms with Crippen LogP contribution in [0, 0.1) is 5.82 Å². The highest BCUT2D eigenvalue weighted by molar-refractivity contribution is 6.30. The molecule has 0 fully saturated rings. The van der Waals surface area contributed by atoms with Crippen LogP contribution in [0.1, 0.15) is 11.4 Å². The second-order valence-corrected chi connectivity index (χ2v) is 3.95. The van der Waals surface area contributed by atoms with Gasteiger partial charge in [0.15, 0.2) is 5.82 Å². The van der Waals surface area contributed by atoms with Crippen LogP contribution in [-0.2, 0) is 13.0 Å². The van der Waals surface area contributed by atoms with Gasteiger partial charge in [-0.1, -0.05) is 22.8 Å². The fourth-order valence-corrected chi connectivity index (χ4v) is 1.55. The van der Waals surface area contributed by atoms with Gasteiger partial charge in [0.25, 0.3) is 0 Å². The molecular weight excluding hydrogens is 245 g/mol. The van der Waals surface area contributed by atoms with Crippen LogP contribution in [-0.4, -0.2) is 16.7 Å². The molecule has 0 amide bonds. The number of nitrogens with one attached hydrogen (secondary N) is 1. The van der Waals surface area contributed by atoms with Crippen LogP contribution < -0.4 is 5.32 Å². The third-order valence-corrected chi connectivity index (χ3v) is 2.50. The summed E-state index contributed by atoms with van der Waals surface area (Å²) in [6.07, 6.45) is 1.93. The molecule has 1 heterocycles. The van der Waals surface area contributed by atoms with Crippen LogP contribution in [0.25, 0.3) is 0 Å². The van der Waals surface area contributed by atoms with Crippen LogP contribution in [0.5, 0.6) is 0 Å². The number of halogens is 2. The van der Waals surface area contributed by atoms with Gasteiger partial charge in [-0.2, -0.15) is 4.98 Å². The van der Waals surface area contributed by atoms with Gasteiger partial charge in [0.1, 0.15) is 5.82 Å². The smallest absolute Gasteiger partial charge is 0.213 e. The maximum atomic E-state index is 13.4. The summed E-state index contributed by atoms with van der Waals surface area (Å²) in [6.45, 7) is 1.10. The molecule has 0 aliphatic heterocycles.